The number of rotatable bonds is 4. The Morgan fingerprint density at radius 1 is 1.38 bits per heavy atom. The van der Waals surface area contributed by atoms with Crippen molar-refractivity contribution < 1.29 is 17.9 Å². The quantitative estimate of drug-likeness (QED) is 0.869. The molecule has 21 heavy (non-hydrogen) atoms. The fraction of sp³-hybridized carbons (Fsp3) is 0.385. The van der Waals surface area contributed by atoms with Gasteiger partial charge in [-0.1, -0.05) is 0 Å². The minimum Gasteiger partial charge on any atom is -0.492 e. The molecule has 2 aromatic heterocycles. The van der Waals surface area contributed by atoms with Gasteiger partial charge in [-0.3, -0.25) is 4.98 Å². The van der Waals surface area contributed by atoms with E-state index in [9.17, 15) is 13.2 Å². The molecule has 0 saturated carbocycles. The lowest BCUT2D eigenvalue weighted by molar-refractivity contribution is -0.140. The highest BCUT2D eigenvalue weighted by atomic mass is 32.1. The first-order valence-electron chi connectivity index (χ1n) is 6.33. The number of thiazole rings is 1. The van der Waals surface area contributed by atoms with Crippen LogP contribution >= 0.6 is 11.3 Å². The monoisotopic (exact) mass is 315 g/mol. The summed E-state index contributed by atoms with van der Waals surface area (Å²) in [4.78, 5) is 9.40. The summed E-state index contributed by atoms with van der Waals surface area (Å²) >= 11 is 1.02. The van der Waals surface area contributed by atoms with Crippen molar-refractivity contribution in [2.45, 2.75) is 6.18 Å². The number of pyridine rings is 1. The molecule has 1 aliphatic rings. The average molecular weight is 315 g/mol. The molecule has 0 N–H and O–H groups in total. The fourth-order valence-corrected chi connectivity index (χ4v) is 2.87. The Morgan fingerprint density at radius 3 is 2.81 bits per heavy atom. The minimum absolute atomic E-state index is 0.295. The van der Waals surface area contributed by atoms with Gasteiger partial charge in [0.05, 0.1) is 12.8 Å². The van der Waals surface area contributed by atoms with Gasteiger partial charge in [0, 0.05) is 30.6 Å². The van der Waals surface area contributed by atoms with Crippen LogP contribution in [0.5, 0.6) is 5.75 Å². The first-order valence-corrected chi connectivity index (χ1v) is 7.21. The van der Waals surface area contributed by atoms with Gasteiger partial charge in [0.15, 0.2) is 10.8 Å². The van der Waals surface area contributed by atoms with Crippen molar-refractivity contribution in [2.75, 3.05) is 24.6 Å². The van der Waals surface area contributed by atoms with Crippen molar-refractivity contribution in [2.24, 2.45) is 5.92 Å². The summed E-state index contributed by atoms with van der Waals surface area (Å²) in [6.45, 7) is 1.84. The summed E-state index contributed by atoms with van der Waals surface area (Å²) in [5, 5.41) is 1.47. The molecule has 0 atom stereocenters. The molecule has 4 nitrogen and oxygen atoms in total. The zero-order chi connectivity index (χ0) is 14.9. The number of alkyl halides is 3. The second kappa shape index (κ2) is 5.51. The Morgan fingerprint density at radius 2 is 2.19 bits per heavy atom. The molecular formula is C13H12F3N3OS. The van der Waals surface area contributed by atoms with Crippen molar-refractivity contribution in [1.82, 2.24) is 9.97 Å². The number of ether oxygens (including phenoxy) is 1. The maximum atomic E-state index is 12.5. The van der Waals surface area contributed by atoms with Crippen LogP contribution in [0.15, 0.2) is 29.9 Å². The molecule has 2 aromatic rings. The van der Waals surface area contributed by atoms with Gasteiger partial charge in [0.1, 0.15) is 5.75 Å². The van der Waals surface area contributed by atoms with Gasteiger partial charge in [-0.15, -0.1) is 11.3 Å². The molecular weight excluding hydrogens is 303 g/mol. The number of aromatic nitrogens is 2. The van der Waals surface area contributed by atoms with Gasteiger partial charge in [-0.25, -0.2) is 4.98 Å². The molecule has 0 radical (unpaired) electrons. The van der Waals surface area contributed by atoms with Gasteiger partial charge < -0.3 is 9.64 Å². The highest BCUT2D eigenvalue weighted by Crippen LogP contribution is 2.35. The predicted octanol–water partition coefficient (Wildman–Crippen LogP) is 3.07. The molecule has 1 aliphatic heterocycles. The Hall–Kier alpha value is -1.83. The van der Waals surface area contributed by atoms with Crippen molar-refractivity contribution >= 4 is 16.5 Å². The van der Waals surface area contributed by atoms with Crippen LogP contribution in [0.25, 0.3) is 0 Å². The largest absolute Gasteiger partial charge is 0.492 e. The number of nitrogens with zero attached hydrogens (tertiary/aromatic N) is 3. The first kappa shape index (κ1) is 14.1. The Bertz CT molecular complexity index is 596. The molecule has 112 valence electrons. The van der Waals surface area contributed by atoms with Gasteiger partial charge >= 0.3 is 6.18 Å². The minimum atomic E-state index is -4.37. The van der Waals surface area contributed by atoms with E-state index < -0.39 is 11.9 Å². The third-order valence-electron chi connectivity index (χ3n) is 3.13. The lowest BCUT2D eigenvalue weighted by Crippen LogP contribution is -2.49. The molecule has 0 bridgehead atoms. The number of hydrogen-bond donors (Lipinski definition) is 0. The topological polar surface area (TPSA) is 38.2 Å². The van der Waals surface area contributed by atoms with Crippen LogP contribution < -0.4 is 9.64 Å². The van der Waals surface area contributed by atoms with Gasteiger partial charge in [-0.05, 0) is 12.1 Å². The van der Waals surface area contributed by atoms with E-state index in [0.717, 1.165) is 16.7 Å². The van der Waals surface area contributed by atoms with E-state index in [4.69, 9.17) is 4.74 Å². The van der Waals surface area contributed by atoms with E-state index in [0.29, 0.717) is 36.5 Å². The molecule has 3 rings (SSSR count). The Balaban J connectivity index is 1.48. The highest BCUT2D eigenvalue weighted by molar-refractivity contribution is 7.13. The standard InChI is InChI=1S/C13H12F3N3OS/c14-13(15,16)11-8-21-12(18-11)19-5-9(6-19)7-20-10-2-1-3-17-4-10/h1-4,8-9H,5-7H2. The molecule has 1 fully saturated rings. The first-order chi connectivity index (χ1) is 10.0. The molecule has 1 saturated heterocycles. The lowest BCUT2D eigenvalue weighted by Gasteiger charge is -2.38. The van der Waals surface area contributed by atoms with Gasteiger partial charge in [0.2, 0.25) is 0 Å². The highest BCUT2D eigenvalue weighted by Gasteiger charge is 2.36. The van der Waals surface area contributed by atoms with Crippen LogP contribution in [0, 0.1) is 5.92 Å². The van der Waals surface area contributed by atoms with Crippen molar-refractivity contribution in [3.05, 3.63) is 35.6 Å². The predicted molar refractivity (Wildman–Crippen MR) is 72.6 cm³/mol. The van der Waals surface area contributed by atoms with Crippen LogP contribution in [-0.4, -0.2) is 29.7 Å². The second-order valence-corrected chi connectivity index (χ2v) is 5.62. The average Bonchev–Trinajstić information content (AvgIpc) is 2.87. The van der Waals surface area contributed by atoms with E-state index in [2.05, 4.69) is 9.97 Å². The zero-order valence-electron chi connectivity index (χ0n) is 10.9. The number of anilines is 1. The van der Waals surface area contributed by atoms with E-state index in [1.165, 1.54) is 0 Å². The summed E-state index contributed by atoms with van der Waals surface area (Å²) in [5.41, 5.74) is -0.822. The van der Waals surface area contributed by atoms with Crippen molar-refractivity contribution in [1.29, 1.82) is 0 Å². The zero-order valence-corrected chi connectivity index (χ0v) is 11.7. The summed E-state index contributed by atoms with van der Waals surface area (Å²) < 4.78 is 43.0. The second-order valence-electron chi connectivity index (χ2n) is 4.78. The van der Waals surface area contributed by atoms with Crippen LogP contribution in [-0.2, 0) is 6.18 Å². The van der Waals surface area contributed by atoms with E-state index in [1.54, 1.807) is 18.5 Å². The third-order valence-corrected chi connectivity index (χ3v) is 4.03. The number of halogens is 3. The van der Waals surface area contributed by atoms with Gasteiger partial charge in [0.25, 0.3) is 0 Å². The molecule has 0 aromatic carbocycles. The molecule has 0 amide bonds. The fourth-order valence-electron chi connectivity index (χ4n) is 2.02. The molecule has 0 aliphatic carbocycles. The van der Waals surface area contributed by atoms with Crippen molar-refractivity contribution in [3.63, 3.8) is 0 Å². The Kier molecular flexibility index (Phi) is 3.71. The summed E-state index contributed by atoms with van der Waals surface area (Å²) in [6.07, 6.45) is -1.08. The van der Waals surface area contributed by atoms with Gasteiger partial charge in [-0.2, -0.15) is 13.2 Å². The van der Waals surface area contributed by atoms with Crippen LogP contribution in [0.4, 0.5) is 18.3 Å². The summed E-state index contributed by atoms with van der Waals surface area (Å²) in [6, 6.07) is 3.61. The van der Waals surface area contributed by atoms with Crippen LogP contribution in [0.1, 0.15) is 5.69 Å². The molecule has 8 heteroatoms. The SMILES string of the molecule is FC(F)(F)c1csc(N2CC(COc3cccnc3)C2)n1. The number of hydrogen-bond acceptors (Lipinski definition) is 5. The molecule has 3 heterocycles. The van der Waals surface area contributed by atoms with E-state index in [1.807, 2.05) is 11.0 Å². The normalized spacial score (nSPS) is 15.9. The summed E-state index contributed by atoms with van der Waals surface area (Å²) in [7, 11) is 0. The van der Waals surface area contributed by atoms with Crippen LogP contribution in [0.3, 0.4) is 0 Å². The maximum Gasteiger partial charge on any atom is 0.434 e. The summed E-state index contributed by atoms with van der Waals surface area (Å²) in [5.74, 6) is 0.994. The van der Waals surface area contributed by atoms with E-state index >= 15 is 0 Å². The van der Waals surface area contributed by atoms with Crippen LogP contribution in [0.2, 0.25) is 0 Å². The smallest absolute Gasteiger partial charge is 0.434 e. The lowest BCUT2D eigenvalue weighted by atomic mass is 10.0. The van der Waals surface area contributed by atoms with E-state index in [-0.39, 0.29) is 0 Å². The molecule has 0 unspecified atom stereocenters. The maximum absolute atomic E-state index is 12.5. The van der Waals surface area contributed by atoms with Crippen molar-refractivity contribution in [3.8, 4) is 5.75 Å². The Labute approximate surface area is 123 Å². The third kappa shape index (κ3) is 3.26. The molecule has 0 spiro atoms.